The van der Waals surface area contributed by atoms with Crippen LogP contribution in [0.1, 0.15) is 39.2 Å². The molecule has 0 aliphatic rings. The number of anilines is 1. The molecule has 4 nitrogen and oxygen atoms in total. The first-order chi connectivity index (χ1) is 7.83. The van der Waals surface area contributed by atoms with Gasteiger partial charge in [0.25, 0.3) is 0 Å². The van der Waals surface area contributed by atoms with Crippen LogP contribution < -0.4 is 5.32 Å². The van der Waals surface area contributed by atoms with E-state index in [1.165, 1.54) is 12.8 Å². The number of imidazole rings is 1. The van der Waals surface area contributed by atoms with E-state index in [-0.39, 0.29) is 0 Å². The number of methoxy groups -OCH3 is 1. The minimum atomic E-state index is 0.372. The molecule has 0 saturated heterocycles. The molecule has 0 spiro atoms. The highest BCUT2D eigenvalue weighted by Crippen LogP contribution is 2.17. The van der Waals surface area contributed by atoms with Crippen molar-refractivity contribution in [3.63, 3.8) is 0 Å². The van der Waals surface area contributed by atoms with Gasteiger partial charge in [-0.2, -0.15) is 0 Å². The van der Waals surface area contributed by atoms with Crippen molar-refractivity contribution in [2.45, 2.75) is 39.2 Å². The Morgan fingerprint density at radius 1 is 1.50 bits per heavy atom. The summed E-state index contributed by atoms with van der Waals surface area (Å²) in [4.78, 5) is 4.34. The van der Waals surface area contributed by atoms with E-state index in [0.29, 0.717) is 6.04 Å². The summed E-state index contributed by atoms with van der Waals surface area (Å²) in [6, 6.07) is 0.372. The van der Waals surface area contributed by atoms with E-state index < -0.39 is 0 Å². The van der Waals surface area contributed by atoms with Gasteiger partial charge in [-0.25, -0.2) is 4.98 Å². The van der Waals surface area contributed by atoms with Crippen molar-refractivity contribution < 1.29 is 4.74 Å². The highest BCUT2D eigenvalue weighted by atomic mass is 16.5. The van der Waals surface area contributed by atoms with Crippen LogP contribution in [0.25, 0.3) is 0 Å². The number of nitrogens with zero attached hydrogens (tertiary/aromatic N) is 2. The molecule has 0 aliphatic heterocycles. The zero-order valence-electron chi connectivity index (χ0n) is 10.6. The van der Waals surface area contributed by atoms with E-state index in [4.69, 9.17) is 4.74 Å². The smallest absolute Gasteiger partial charge is 0.203 e. The van der Waals surface area contributed by atoms with Crippen LogP contribution in [0.15, 0.2) is 12.4 Å². The maximum Gasteiger partial charge on any atom is 0.203 e. The standard InChI is InChI=1S/C12H23N3O/c1-4-6-7-13-12-14-8-9-15(12)11(5-2)10-16-3/h8-9,11H,4-7,10H2,1-3H3,(H,13,14). The van der Waals surface area contributed by atoms with Gasteiger partial charge in [0.05, 0.1) is 12.6 Å². The van der Waals surface area contributed by atoms with Crippen LogP contribution in [-0.4, -0.2) is 29.8 Å². The van der Waals surface area contributed by atoms with Gasteiger partial charge in [0.15, 0.2) is 0 Å². The minimum absolute atomic E-state index is 0.372. The molecule has 1 rings (SSSR count). The van der Waals surface area contributed by atoms with Gasteiger partial charge >= 0.3 is 0 Å². The van der Waals surface area contributed by atoms with Crippen LogP contribution in [-0.2, 0) is 4.74 Å². The maximum absolute atomic E-state index is 5.22. The molecule has 0 fully saturated rings. The Balaban J connectivity index is 2.60. The first kappa shape index (κ1) is 13.0. The first-order valence-electron chi connectivity index (χ1n) is 6.09. The summed E-state index contributed by atoms with van der Waals surface area (Å²) < 4.78 is 7.39. The molecule has 0 aromatic carbocycles. The molecule has 0 radical (unpaired) electrons. The minimum Gasteiger partial charge on any atom is -0.383 e. The molecular weight excluding hydrogens is 202 g/mol. The quantitative estimate of drug-likeness (QED) is 0.691. The van der Waals surface area contributed by atoms with Crippen molar-refractivity contribution in [1.29, 1.82) is 0 Å². The summed E-state index contributed by atoms with van der Waals surface area (Å²) in [7, 11) is 1.74. The van der Waals surface area contributed by atoms with Gasteiger partial charge in [-0.15, -0.1) is 0 Å². The highest BCUT2D eigenvalue weighted by molar-refractivity contribution is 5.26. The number of unbranched alkanes of at least 4 members (excludes halogenated alkanes) is 1. The van der Waals surface area contributed by atoms with E-state index in [9.17, 15) is 0 Å². The summed E-state index contributed by atoms with van der Waals surface area (Å²) >= 11 is 0. The zero-order chi connectivity index (χ0) is 11.8. The molecule has 1 N–H and O–H groups in total. The van der Waals surface area contributed by atoms with Crippen molar-refractivity contribution in [1.82, 2.24) is 9.55 Å². The van der Waals surface area contributed by atoms with E-state index in [0.717, 1.165) is 25.5 Å². The number of hydrogen-bond acceptors (Lipinski definition) is 3. The summed E-state index contributed by atoms with van der Waals surface area (Å²) in [5.74, 6) is 0.956. The second kappa shape index (κ2) is 7.28. The Kier molecular flexibility index (Phi) is 5.93. The van der Waals surface area contributed by atoms with Gasteiger partial charge in [-0.3, -0.25) is 0 Å². The fourth-order valence-electron chi connectivity index (χ4n) is 1.71. The molecule has 1 atom stereocenters. The van der Waals surface area contributed by atoms with E-state index in [1.807, 2.05) is 12.4 Å². The second-order valence-corrected chi connectivity index (χ2v) is 3.96. The Bertz CT molecular complexity index is 286. The average molecular weight is 225 g/mol. The molecule has 1 aromatic heterocycles. The Hall–Kier alpha value is -1.03. The third kappa shape index (κ3) is 3.52. The Morgan fingerprint density at radius 3 is 2.94 bits per heavy atom. The van der Waals surface area contributed by atoms with E-state index in [2.05, 4.69) is 28.7 Å². The predicted octanol–water partition coefficient (Wildman–Crippen LogP) is 2.69. The van der Waals surface area contributed by atoms with Crippen molar-refractivity contribution in [2.75, 3.05) is 25.6 Å². The summed E-state index contributed by atoms with van der Waals surface area (Å²) in [6.07, 6.45) is 7.28. The number of nitrogens with one attached hydrogen (secondary N) is 1. The molecule has 1 aromatic rings. The fourth-order valence-corrected chi connectivity index (χ4v) is 1.71. The average Bonchev–Trinajstić information content (AvgIpc) is 2.74. The molecule has 16 heavy (non-hydrogen) atoms. The van der Waals surface area contributed by atoms with E-state index >= 15 is 0 Å². The largest absolute Gasteiger partial charge is 0.383 e. The predicted molar refractivity (Wildman–Crippen MR) is 66.8 cm³/mol. The summed E-state index contributed by atoms with van der Waals surface area (Å²) in [5.41, 5.74) is 0. The molecule has 1 heterocycles. The Morgan fingerprint density at radius 2 is 2.31 bits per heavy atom. The lowest BCUT2D eigenvalue weighted by Gasteiger charge is -2.18. The van der Waals surface area contributed by atoms with Crippen molar-refractivity contribution >= 4 is 5.95 Å². The van der Waals surface area contributed by atoms with Crippen LogP contribution in [0.2, 0.25) is 0 Å². The molecule has 0 saturated carbocycles. The van der Waals surface area contributed by atoms with Gasteiger partial charge in [0.1, 0.15) is 0 Å². The summed E-state index contributed by atoms with van der Waals surface area (Å²) in [6.45, 7) is 6.07. The molecule has 0 amide bonds. The van der Waals surface area contributed by atoms with Crippen molar-refractivity contribution in [3.05, 3.63) is 12.4 Å². The zero-order valence-corrected chi connectivity index (χ0v) is 10.6. The number of rotatable bonds is 8. The third-order valence-corrected chi connectivity index (χ3v) is 2.71. The molecule has 92 valence electrons. The maximum atomic E-state index is 5.22. The second-order valence-electron chi connectivity index (χ2n) is 3.96. The normalized spacial score (nSPS) is 12.7. The van der Waals surface area contributed by atoms with Crippen LogP contribution in [0.4, 0.5) is 5.95 Å². The van der Waals surface area contributed by atoms with Crippen molar-refractivity contribution in [2.24, 2.45) is 0 Å². The lowest BCUT2D eigenvalue weighted by atomic mass is 10.2. The number of aromatic nitrogens is 2. The van der Waals surface area contributed by atoms with Gasteiger partial charge in [0, 0.05) is 26.0 Å². The van der Waals surface area contributed by atoms with Crippen LogP contribution >= 0.6 is 0 Å². The summed E-state index contributed by atoms with van der Waals surface area (Å²) in [5, 5.41) is 3.36. The van der Waals surface area contributed by atoms with Gasteiger partial charge < -0.3 is 14.6 Å². The molecule has 0 bridgehead atoms. The first-order valence-corrected chi connectivity index (χ1v) is 6.09. The highest BCUT2D eigenvalue weighted by Gasteiger charge is 2.11. The van der Waals surface area contributed by atoms with Crippen LogP contribution in [0.3, 0.4) is 0 Å². The molecule has 4 heteroatoms. The lowest BCUT2D eigenvalue weighted by molar-refractivity contribution is 0.154. The SMILES string of the molecule is CCCCNc1nccn1C(CC)COC. The topological polar surface area (TPSA) is 39.1 Å². The monoisotopic (exact) mass is 225 g/mol. The number of ether oxygens (including phenoxy) is 1. The number of hydrogen-bond donors (Lipinski definition) is 1. The molecule has 0 aliphatic carbocycles. The van der Waals surface area contributed by atoms with Crippen molar-refractivity contribution in [3.8, 4) is 0 Å². The molecular formula is C12H23N3O. The van der Waals surface area contributed by atoms with Gasteiger partial charge in [0.2, 0.25) is 5.95 Å². The lowest BCUT2D eigenvalue weighted by Crippen LogP contribution is -2.17. The van der Waals surface area contributed by atoms with Crippen LogP contribution in [0, 0.1) is 0 Å². The fraction of sp³-hybridized carbons (Fsp3) is 0.750. The van der Waals surface area contributed by atoms with Gasteiger partial charge in [-0.1, -0.05) is 20.3 Å². The van der Waals surface area contributed by atoms with Gasteiger partial charge in [-0.05, 0) is 12.8 Å². The Labute approximate surface area is 98.0 Å². The third-order valence-electron chi connectivity index (χ3n) is 2.71. The van der Waals surface area contributed by atoms with Crippen LogP contribution in [0.5, 0.6) is 0 Å². The molecule has 1 unspecified atom stereocenters. The van der Waals surface area contributed by atoms with E-state index in [1.54, 1.807) is 7.11 Å².